The Morgan fingerprint density at radius 2 is 1.71 bits per heavy atom. The smallest absolute Gasteiger partial charge is 0.0223 e. The molecule has 0 spiro atoms. The van der Waals surface area contributed by atoms with Crippen LogP contribution in [0, 0.1) is 17.8 Å². The summed E-state index contributed by atoms with van der Waals surface area (Å²) in [5.41, 5.74) is 0. The number of hydrogen-bond acceptors (Lipinski definition) is 2. The van der Waals surface area contributed by atoms with Crippen molar-refractivity contribution in [2.24, 2.45) is 17.8 Å². The molecule has 1 N–H and O–H groups in total. The number of rotatable bonds is 2. The van der Waals surface area contributed by atoms with Crippen LogP contribution in [0.4, 0.5) is 0 Å². The summed E-state index contributed by atoms with van der Waals surface area (Å²) in [6.07, 6.45) is 7.30. The quantitative estimate of drug-likeness (QED) is 0.792. The van der Waals surface area contributed by atoms with E-state index in [-0.39, 0.29) is 0 Å². The van der Waals surface area contributed by atoms with Crippen LogP contribution in [0.3, 0.4) is 0 Å². The number of nitrogens with zero attached hydrogens (tertiary/aromatic N) is 1. The maximum atomic E-state index is 3.73. The van der Waals surface area contributed by atoms with Crippen LogP contribution < -0.4 is 5.32 Å². The van der Waals surface area contributed by atoms with Gasteiger partial charge in [-0.1, -0.05) is 13.8 Å². The predicted octanol–water partition coefficient (Wildman–Crippen LogP) is 2.49. The highest BCUT2D eigenvalue weighted by Gasteiger charge is 2.37. The Bertz CT molecular complexity index is 252. The van der Waals surface area contributed by atoms with Gasteiger partial charge in [0, 0.05) is 31.7 Å². The second-order valence-electron chi connectivity index (χ2n) is 6.96. The fourth-order valence-corrected chi connectivity index (χ4v) is 4.15. The lowest BCUT2D eigenvalue weighted by molar-refractivity contribution is 0.0776. The highest BCUT2D eigenvalue weighted by Crippen LogP contribution is 2.36. The molecule has 0 aromatic carbocycles. The molecule has 17 heavy (non-hydrogen) atoms. The first-order valence-corrected chi connectivity index (χ1v) is 7.70. The standard InChI is InChI=1S/C15H28N2/c1-11-7-12(2)9-14(8-11)17-6-5-16-15(10-17)13-3-4-13/h11-16H,3-10H2,1-2H3. The lowest BCUT2D eigenvalue weighted by Crippen LogP contribution is -2.55. The summed E-state index contributed by atoms with van der Waals surface area (Å²) in [5, 5.41) is 3.73. The van der Waals surface area contributed by atoms with E-state index in [1.807, 2.05) is 0 Å². The van der Waals surface area contributed by atoms with Crippen LogP contribution in [-0.2, 0) is 0 Å². The Balaban J connectivity index is 1.58. The normalized spacial score (nSPS) is 44.8. The lowest BCUT2D eigenvalue weighted by Gasteiger charge is -2.43. The molecule has 3 aliphatic rings. The van der Waals surface area contributed by atoms with Crippen molar-refractivity contribution in [3.63, 3.8) is 0 Å². The lowest BCUT2D eigenvalue weighted by atomic mass is 9.79. The van der Waals surface area contributed by atoms with E-state index in [4.69, 9.17) is 0 Å². The van der Waals surface area contributed by atoms with Crippen LogP contribution in [0.5, 0.6) is 0 Å². The molecule has 3 rings (SSSR count). The van der Waals surface area contributed by atoms with Gasteiger partial charge in [0.2, 0.25) is 0 Å². The highest BCUT2D eigenvalue weighted by atomic mass is 15.2. The zero-order valence-corrected chi connectivity index (χ0v) is 11.5. The average Bonchev–Trinajstić information content (AvgIpc) is 3.12. The van der Waals surface area contributed by atoms with E-state index in [1.165, 1.54) is 51.7 Å². The molecule has 3 unspecified atom stereocenters. The van der Waals surface area contributed by atoms with E-state index in [9.17, 15) is 0 Å². The Kier molecular flexibility index (Phi) is 3.45. The fourth-order valence-electron chi connectivity index (χ4n) is 4.15. The molecule has 3 fully saturated rings. The third-order valence-corrected chi connectivity index (χ3v) is 5.10. The number of piperazine rings is 1. The van der Waals surface area contributed by atoms with Gasteiger partial charge in [0.25, 0.3) is 0 Å². The Labute approximate surface area is 106 Å². The molecular formula is C15H28N2. The Morgan fingerprint density at radius 1 is 1.00 bits per heavy atom. The molecule has 2 heteroatoms. The van der Waals surface area contributed by atoms with Gasteiger partial charge in [-0.2, -0.15) is 0 Å². The summed E-state index contributed by atoms with van der Waals surface area (Å²) in [6.45, 7) is 8.73. The van der Waals surface area contributed by atoms with Crippen molar-refractivity contribution >= 4 is 0 Å². The van der Waals surface area contributed by atoms with Crippen molar-refractivity contribution in [3.05, 3.63) is 0 Å². The van der Waals surface area contributed by atoms with Gasteiger partial charge in [0.1, 0.15) is 0 Å². The van der Waals surface area contributed by atoms with Crippen LogP contribution >= 0.6 is 0 Å². The second kappa shape index (κ2) is 4.89. The monoisotopic (exact) mass is 236 g/mol. The van der Waals surface area contributed by atoms with Crippen LogP contribution in [0.25, 0.3) is 0 Å². The molecule has 0 radical (unpaired) electrons. The van der Waals surface area contributed by atoms with Crippen molar-refractivity contribution in [1.82, 2.24) is 10.2 Å². The first kappa shape index (κ1) is 12.0. The molecule has 0 aromatic heterocycles. The minimum Gasteiger partial charge on any atom is -0.311 e. The van der Waals surface area contributed by atoms with Crippen molar-refractivity contribution in [2.75, 3.05) is 19.6 Å². The molecular weight excluding hydrogens is 208 g/mol. The predicted molar refractivity (Wildman–Crippen MR) is 72.1 cm³/mol. The zero-order chi connectivity index (χ0) is 11.8. The van der Waals surface area contributed by atoms with Gasteiger partial charge < -0.3 is 5.32 Å². The summed E-state index contributed by atoms with van der Waals surface area (Å²) in [6, 6.07) is 1.70. The third kappa shape index (κ3) is 2.85. The summed E-state index contributed by atoms with van der Waals surface area (Å²) in [7, 11) is 0. The minimum atomic E-state index is 0.816. The average molecular weight is 236 g/mol. The van der Waals surface area contributed by atoms with Crippen LogP contribution in [-0.4, -0.2) is 36.6 Å². The molecule has 0 aromatic rings. The van der Waals surface area contributed by atoms with Gasteiger partial charge in [0.15, 0.2) is 0 Å². The van der Waals surface area contributed by atoms with Gasteiger partial charge in [-0.25, -0.2) is 0 Å². The van der Waals surface area contributed by atoms with Gasteiger partial charge >= 0.3 is 0 Å². The number of nitrogens with one attached hydrogen (secondary N) is 1. The van der Waals surface area contributed by atoms with Crippen LogP contribution in [0.2, 0.25) is 0 Å². The SMILES string of the molecule is CC1CC(C)CC(N2CCNC(C3CC3)C2)C1. The third-order valence-electron chi connectivity index (χ3n) is 5.10. The van der Waals surface area contributed by atoms with Gasteiger partial charge in [-0.15, -0.1) is 0 Å². The van der Waals surface area contributed by atoms with Gasteiger partial charge in [0.05, 0.1) is 0 Å². The fraction of sp³-hybridized carbons (Fsp3) is 1.00. The van der Waals surface area contributed by atoms with Crippen LogP contribution in [0.1, 0.15) is 46.0 Å². The minimum absolute atomic E-state index is 0.816. The summed E-state index contributed by atoms with van der Waals surface area (Å²) >= 11 is 0. The van der Waals surface area contributed by atoms with Crippen molar-refractivity contribution in [1.29, 1.82) is 0 Å². The summed E-state index contributed by atoms with van der Waals surface area (Å²) in [5.74, 6) is 2.90. The highest BCUT2D eigenvalue weighted by molar-refractivity contribution is 4.94. The van der Waals surface area contributed by atoms with E-state index in [2.05, 4.69) is 24.1 Å². The molecule has 2 saturated carbocycles. The van der Waals surface area contributed by atoms with Crippen molar-refractivity contribution in [2.45, 2.75) is 58.0 Å². The largest absolute Gasteiger partial charge is 0.311 e. The van der Waals surface area contributed by atoms with Gasteiger partial charge in [-0.3, -0.25) is 4.90 Å². The maximum Gasteiger partial charge on any atom is 0.0223 e. The van der Waals surface area contributed by atoms with E-state index < -0.39 is 0 Å². The topological polar surface area (TPSA) is 15.3 Å². The molecule has 3 atom stereocenters. The second-order valence-corrected chi connectivity index (χ2v) is 6.96. The van der Waals surface area contributed by atoms with E-state index in [0.717, 1.165) is 29.8 Å². The first-order chi connectivity index (χ1) is 8.22. The molecule has 0 amide bonds. The molecule has 1 heterocycles. The van der Waals surface area contributed by atoms with Crippen molar-refractivity contribution < 1.29 is 0 Å². The maximum absolute atomic E-state index is 3.73. The summed E-state index contributed by atoms with van der Waals surface area (Å²) < 4.78 is 0. The van der Waals surface area contributed by atoms with E-state index in [1.54, 1.807) is 0 Å². The van der Waals surface area contributed by atoms with E-state index in [0.29, 0.717) is 0 Å². The molecule has 1 saturated heterocycles. The zero-order valence-electron chi connectivity index (χ0n) is 11.5. The molecule has 2 nitrogen and oxygen atoms in total. The van der Waals surface area contributed by atoms with E-state index >= 15 is 0 Å². The summed E-state index contributed by atoms with van der Waals surface area (Å²) in [4.78, 5) is 2.81. The van der Waals surface area contributed by atoms with Crippen molar-refractivity contribution in [3.8, 4) is 0 Å². The molecule has 1 aliphatic heterocycles. The Morgan fingerprint density at radius 3 is 2.35 bits per heavy atom. The molecule has 2 aliphatic carbocycles. The van der Waals surface area contributed by atoms with Crippen LogP contribution in [0.15, 0.2) is 0 Å². The number of hydrogen-bond donors (Lipinski definition) is 1. The Hall–Kier alpha value is -0.0800. The van der Waals surface area contributed by atoms with Gasteiger partial charge in [-0.05, 0) is 49.9 Å². The first-order valence-electron chi connectivity index (χ1n) is 7.70. The molecule has 0 bridgehead atoms. The molecule has 98 valence electrons.